The number of allylic oxidation sites excluding steroid dienone is 1. The van der Waals surface area contributed by atoms with Gasteiger partial charge in [0, 0.05) is 5.70 Å². The monoisotopic (exact) mass is 320 g/mol. The fraction of sp³-hybridized carbons (Fsp3) is 0.267. The minimum atomic E-state index is -1.00. The van der Waals surface area contributed by atoms with Crippen molar-refractivity contribution in [2.45, 2.75) is 19.9 Å². The average molecular weight is 320 g/mol. The zero-order chi connectivity index (χ0) is 16.3. The third-order valence-corrected chi connectivity index (χ3v) is 3.48. The third-order valence-electron chi connectivity index (χ3n) is 3.26. The number of carboxylic acid groups (broad SMARTS) is 1. The van der Waals surface area contributed by atoms with E-state index in [-0.39, 0.29) is 12.2 Å². The highest BCUT2D eigenvalue weighted by Crippen LogP contribution is 2.27. The lowest BCUT2D eigenvalue weighted by molar-refractivity contribution is -0.139. The maximum absolute atomic E-state index is 12.2. The summed E-state index contributed by atoms with van der Waals surface area (Å²) in [4.78, 5) is 23.1. The molecule has 0 radical (unpaired) electrons. The Balaban J connectivity index is 2.40. The average Bonchev–Trinajstić information content (AvgIpc) is 2.46. The van der Waals surface area contributed by atoms with Crippen LogP contribution in [0.25, 0.3) is 0 Å². The van der Waals surface area contributed by atoms with Crippen LogP contribution in [0.15, 0.2) is 35.5 Å². The molecule has 1 aliphatic rings. The van der Waals surface area contributed by atoms with Gasteiger partial charge in [-0.25, -0.2) is 9.59 Å². The summed E-state index contributed by atoms with van der Waals surface area (Å²) in [6.45, 7) is 3.75. The van der Waals surface area contributed by atoms with Crippen molar-refractivity contribution in [1.82, 2.24) is 10.6 Å². The van der Waals surface area contributed by atoms with Crippen molar-refractivity contribution >= 4 is 29.3 Å². The number of nitrogens with one attached hydrogen (secondary N) is 2. The van der Waals surface area contributed by atoms with Crippen LogP contribution in [0.1, 0.15) is 35.8 Å². The Bertz CT molecular complexity index is 652. The summed E-state index contributed by atoms with van der Waals surface area (Å²) < 4.78 is 5.09. The summed E-state index contributed by atoms with van der Waals surface area (Å²) >= 11 is 5.13. The van der Waals surface area contributed by atoms with Gasteiger partial charge in [-0.3, -0.25) is 0 Å². The smallest absolute Gasteiger partial charge is 0.338 e. The molecule has 0 spiro atoms. The first-order valence-corrected chi connectivity index (χ1v) is 7.13. The lowest BCUT2D eigenvalue weighted by Gasteiger charge is -2.29. The number of rotatable bonds is 4. The van der Waals surface area contributed by atoms with Gasteiger partial charge in [0.1, 0.15) is 0 Å². The summed E-state index contributed by atoms with van der Waals surface area (Å²) in [5.74, 6) is -1.44. The first-order chi connectivity index (χ1) is 10.4. The van der Waals surface area contributed by atoms with Crippen molar-refractivity contribution in [3.05, 3.63) is 46.7 Å². The van der Waals surface area contributed by atoms with Gasteiger partial charge in [0.2, 0.25) is 0 Å². The fourth-order valence-electron chi connectivity index (χ4n) is 2.24. The van der Waals surface area contributed by atoms with Crippen LogP contribution in [0.5, 0.6) is 0 Å². The lowest BCUT2D eigenvalue weighted by atomic mass is 9.95. The molecule has 2 rings (SSSR count). The van der Waals surface area contributed by atoms with E-state index in [1.54, 1.807) is 26.0 Å². The fourth-order valence-corrected chi connectivity index (χ4v) is 2.51. The molecule has 116 valence electrons. The Labute approximate surface area is 133 Å². The van der Waals surface area contributed by atoms with Crippen LogP contribution in [0.3, 0.4) is 0 Å². The van der Waals surface area contributed by atoms with Crippen LogP contribution in [0.2, 0.25) is 0 Å². The predicted molar refractivity (Wildman–Crippen MR) is 84.3 cm³/mol. The van der Waals surface area contributed by atoms with Gasteiger partial charge in [-0.2, -0.15) is 0 Å². The quantitative estimate of drug-likeness (QED) is 0.575. The zero-order valence-electron chi connectivity index (χ0n) is 12.2. The van der Waals surface area contributed by atoms with E-state index in [4.69, 9.17) is 22.1 Å². The molecule has 6 nitrogen and oxygen atoms in total. The van der Waals surface area contributed by atoms with E-state index in [2.05, 4.69) is 10.6 Å². The van der Waals surface area contributed by atoms with E-state index in [1.807, 2.05) is 0 Å². The van der Waals surface area contributed by atoms with Crippen molar-refractivity contribution in [1.29, 1.82) is 0 Å². The number of hydrogen-bond acceptors (Lipinski definition) is 4. The number of benzene rings is 1. The minimum absolute atomic E-state index is 0.179. The maximum atomic E-state index is 12.2. The van der Waals surface area contributed by atoms with Gasteiger partial charge >= 0.3 is 11.9 Å². The van der Waals surface area contributed by atoms with Crippen LogP contribution < -0.4 is 10.6 Å². The second kappa shape index (κ2) is 6.57. The van der Waals surface area contributed by atoms with Gasteiger partial charge in [0.15, 0.2) is 5.11 Å². The number of carboxylic acids is 1. The number of aromatic carboxylic acids is 1. The number of esters is 1. The van der Waals surface area contributed by atoms with Gasteiger partial charge < -0.3 is 20.5 Å². The van der Waals surface area contributed by atoms with Crippen molar-refractivity contribution in [2.24, 2.45) is 0 Å². The van der Waals surface area contributed by atoms with E-state index in [1.165, 1.54) is 12.1 Å². The molecule has 0 saturated carbocycles. The van der Waals surface area contributed by atoms with E-state index < -0.39 is 18.0 Å². The van der Waals surface area contributed by atoms with Gasteiger partial charge in [-0.05, 0) is 43.8 Å². The van der Waals surface area contributed by atoms with Crippen molar-refractivity contribution < 1.29 is 19.4 Å². The van der Waals surface area contributed by atoms with E-state index in [0.29, 0.717) is 16.4 Å². The summed E-state index contributed by atoms with van der Waals surface area (Å²) in [5, 5.41) is 15.3. The molecule has 7 heteroatoms. The highest BCUT2D eigenvalue weighted by atomic mass is 32.1. The molecule has 1 aromatic rings. The standard InChI is InChI=1S/C15H16N2O4S/c1-3-21-14(20)11-8(2)16-15(22)17-12(11)9-4-6-10(7-5-9)13(18)19/h4-7,12H,3H2,1-2H3,(H,18,19)(H2,16,17,22)/t12-/m1/s1. The third kappa shape index (κ3) is 3.25. The number of ether oxygens (including phenoxy) is 1. The molecule has 0 amide bonds. The van der Waals surface area contributed by atoms with Crippen molar-refractivity contribution in [3.8, 4) is 0 Å². The highest BCUT2D eigenvalue weighted by molar-refractivity contribution is 7.80. The van der Waals surface area contributed by atoms with Crippen LogP contribution >= 0.6 is 12.2 Å². The number of thiocarbonyl (C=S) groups is 1. The Kier molecular flexibility index (Phi) is 4.77. The van der Waals surface area contributed by atoms with Crippen LogP contribution in [-0.2, 0) is 9.53 Å². The normalized spacial score (nSPS) is 17.5. The Morgan fingerprint density at radius 1 is 1.32 bits per heavy atom. The largest absolute Gasteiger partial charge is 0.478 e. The highest BCUT2D eigenvalue weighted by Gasteiger charge is 2.30. The molecular weight excluding hydrogens is 304 g/mol. The molecular formula is C15H16N2O4S. The molecule has 0 bridgehead atoms. The first kappa shape index (κ1) is 16.0. The Morgan fingerprint density at radius 2 is 1.95 bits per heavy atom. The van der Waals surface area contributed by atoms with Gasteiger partial charge in [-0.1, -0.05) is 12.1 Å². The van der Waals surface area contributed by atoms with E-state index in [9.17, 15) is 9.59 Å². The maximum Gasteiger partial charge on any atom is 0.338 e. The summed E-state index contributed by atoms with van der Waals surface area (Å²) in [6.07, 6.45) is 0. The molecule has 0 saturated heterocycles. The zero-order valence-corrected chi connectivity index (χ0v) is 13.0. The topological polar surface area (TPSA) is 87.7 Å². The van der Waals surface area contributed by atoms with Crippen LogP contribution in [0.4, 0.5) is 0 Å². The summed E-state index contributed by atoms with van der Waals surface area (Å²) in [7, 11) is 0. The number of carbonyl (C=O) groups excluding carboxylic acids is 1. The molecule has 1 aromatic carbocycles. The molecule has 0 aromatic heterocycles. The summed E-state index contributed by atoms with van der Waals surface area (Å²) in [6, 6.07) is 5.81. The predicted octanol–water partition coefficient (Wildman–Crippen LogP) is 1.74. The molecule has 0 fully saturated rings. The van der Waals surface area contributed by atoms with Crippen LogP contribution in [-0.4, -0.2) is 28.8 Å². The van der Waals surface area contributed by atoms with E-state index in [0.717, 1.165) is 5.56 Å². The van der Waals surface area contributed by atoms with Gasteiger partial charge in [0.05, 0.1) is 23.8 Å². The second-order valence-electron chi connectivity index (χ2n) is 4.72. The molecule has 0 unspecified atom stereocenters. The number of hydrogen-bond donors (Lipinski definition) is 3. The molecule has 1 atom stereocenters. The SMILES string of the molecule is CCOC(=O)C1=C(C)NC(=S)N[C@@H]1c1ccc(C(=O)O)cc1. The van der Waals surface area contributed by atoms with Crippen molar-refractivity contribution in [3.63, 3.8) is 0 Å². The Morgan fingerprint density at radius 3 is 2.50 bits per heavy atom. The molecule has 1 aliphatic heterocycles. The molecule has 22 heavy (non-hydrogen) atoms. The second-order valence-corrected chi connectivity index (χ2v) is 5.13. The van der Waals surface area contributed by atoms with Gasteiger partial charge in [-0.15, -0.1) is 0 Å². The Hall–Kier alpha value is -2.41. The molecule has 0 aliphatic carbocycles. The lowest BCUT2D eigenvalue weighted by Crippen LogP contribution is -2.45. The summed E-state index contributed by atoms with van der Waals surface area (Å²) in [5.41, 5.74) is 1.96. The molecule has 1 heterocycles. The first-order valence-electron chi connectivity index (χ1n) is 6.72. The van der Waals surface area contributed by atoms with Crippen LogP contribution in [0, 0.1) is 0 Å². The van der Waals surface area contributed by atoms with E-state index >= 15 is 0 Å². The minimum Gasteiger partial charge on any atom is -0.478 e. The van der Waals surface area contributed by atoms with Crippen molar-refractivity contribution in [2.75, 3.05) is 6.61 Å². The number of carbonyl (C=O) groups is 2. The van der Waals surface area contributed by atoms with Gasteiger partial charge in [0.25, 0.3) is 0 Å². The molecule has 3 N–H and O–H groups in total.